The molecular formula is C15H21N3O2. The van der Waals surface area contributed by atoms with Gasteiger partial charge >= 0.3 is 5.97 Å². The number of aromatic nitrogens is 2. The molecule has 2 heterocycles. The second-order valence-corrected chi connectivity index (χ2v) is 6.01. The highest BCUT2D eigenvalue weighted by atomic mass is 16.4. The van der Waals surface area contributed by atoms with Crippen molar-refractivity contribution in [1.29, 1.82) is 0 Å². The SMILES string of the molecule is Cc1nnc(N2CCC3CCCCC32)c(C(=O)O)c1C. The van der Waals surface area contributed by atoms with Gasteiger partial charge in [0.2, 0.25) is 0 Å². The van der Waals surface area contributed by atoms with Crippen molar-refractivity contribution >= 4 is 11.8 Å². The Morgan fingerprint density at radius 2 is 1.95 bits per heavy atom. The monoisotopic (exact) mass is 275 g/mol. The Hall–Kier alpha value is -1.65. The molecule has 2 unspecified atom stereocenters. The smallest absolute Gasteiger partial charge is 0.339 e. The van der Waals surface area contributed by atoms with Gasteiger partial charge in [-0.1, -0.05) is 12.8 Å². The highest BCUT2D eigenvalue weighted by molar-refractivity contribution is 5.95. The van der Waals surface area contributed by atoms with Crippen molar-refractivity contribution in [2.75, 3.05) is 11.4 Å². The summed E-state index contributed by atoms with van der Waals surface area (Å²) in [4.78, 5) is 13.8. The number of aromatic carboxylic acids is 1. The fourth-order valence-corrected chi connectivity index (χ4v) is 3.72. The Kier molecular flexibility index (Phi) is 3.36. The van der Waals surface area contributed by atoms with Gasteiger partial charge in [-0.05, 0) is 44.6 Å². The van der Waals surface area contributed by atoms with Crippen LogP contribution in [0.1, 0.15) is 53.7 Å². The minimum atomic E-state index is -0.894. The van der Waals surface area contributed by atoms with Gasteiger partial charge in [0.15, 0.2) is 5.82 Å². The molecule has 2 fully saturated rings. The maximum Gasteiger partial charge on any atom is 0.339 e. The maximum atomic E-state index is 11.6. The van der Waals surface area contributed by atoms with E-state index in [-0.39, 0.29) is 0 Å². The molecule has 0 bridgehead atoms. The summed E-state index contributed by atoms with van der Waals surface area (Å²) in [6.45, 7) is 4.55. The second-order valence-electron chi connectivity index (χ2n) is 6.01. The summed E-state index contributed by atoms with van der Waals surface area (Å²) in [5.41, 5.74) is 1.77. The van der Waals surface area contributed by atoms with Gasteiger partial charge in [0.25, 0.3) is 0 Å². The van der Waals surface area contributed by atoms with E-state index in [1.165, 1.54) is 19.3 Å². The molecule has 0 spiro atoms. The first-order chi connectivity index (χ1) is 9.59. The first-order valence-corrected chi connectivity index (χ1v) is 7.43. The standard InChI is InChI=1S/C15H21N3O2/c1-9-10(2)16-17-14(13(9)15(19)20)18-8-7-11-5-3-4-6-12(11)18/h11-12H,3-8H2,1-2H3,(H,19,20). The Morgan fingerprint density at radius 3 is 2.70 bits per heavy atom. The lowest BCUT2D eigenvalue weighted by atomic mass is 9.85. The molecule has 2 aliphatic rings. The number of carbonyl (C=O) groups is 1. The van der Waals surface area contributed by atoms with E-state index < -0.39 is 5.97 Å². The summed E-state index contributed by atoms with van der Waals surface area (Å²) in [5, 5.41) is 17.9. The van der Waals surface area contributed by atoms with E-state index >= 15 is 0 Å². The largest absolute Gasteiger partial charge is 0.478 e. The highest BCUT2D eigenvalue weighted by Gasteiger charge is 2.38. The van der Waals surface area contributed by atoms with E-state index in [0.29, 0.717) is 29.0 Å². The molecule has 0 radical (unpaired) electrons. The van der Waals surface area contributed by atoms with Crippen LogP contribution in [-0.2, 0) is 0 Å². The van der Waals surface area contributed by atoms with Crippen LogP contribution in [-0.4, -0.2) is 33.9 Å². The summed E-state index contributed by atoms with van der Waals surface area (Å²) >= 11 is 0. The first kappa shape index (κ1) is 13.3. The van der Waals surface area contributed by atoms with E-state index in [4.69, 9.17) is 0 Å². The number of hydrogen-bond acceptors (Lipinski definition) is 4. The molecule has 1 saturated heterocycles. The third-order valence-electron chi connectivity index (χ3n) is 4.93. The fourth-order valence-electron chi connectivity index (χ4n) is 3.72. The summed E-state index contributed by atoms with van der Waals surface area (Å²) in [7, 11) is 0. The molecule has 1 aromatic rings. The predicted molar refractivity (Wildman–Crippen MR) is 76.2 cm³/mol. The predicted octanol–water partition coefficient (Wildman–Crippen LogP) is 2.56. The Balaban J connectivity index is 2.02. The molecule has 2 atom stereocenters. The van der Waals surface area contributed by atoms with E-state index in [2.05, 4.69) is 15.1 Å². The molecule has 0 aromatic carbocycles. The molecule has 5 nitrogen and oxygen atoms in total. The van der Waals surface area contributed by atoms with Gasteiger partial charge in [0.1, 0.15) is 5.56 Å². The number of fused-ring (bicyclic) bond motifs is 1. The van der Waals surface area contributed by atoms with E-state index in [1.807, 2.05) is 13.8 Å². The lowest BCUT2D eigenvalue weighted by Crippen LogP contribution is -2.36. The average Bonchev–Trinajstić information content (AvgIpc) is 2.85. The van der Waals surface area contributed by atoms with Gasteiger partial charge < -0.3 is 10.0 Å². The average molecular weight is 275 g/mol. The molecule has 0 amide bonds. The summed E-state index contributed by atoms with van der Waals surface area (Å²) in [5.74, 6) is 0.388. The molecule has 1 aliphatic heterocycles. The van der Waals surface area contributed by atoms with Gasteiger partial charge in [-0.2, -0.15) is 5.10 Å². The number of nitrogens with zero attached hydrogens (tertiary/aromatic N) is 3. The van der Waals surface area contributed by atoms with Gasteiger partial charge in [0, 0.05) is 12.6 Å². The highest BCUT2D eigenvalue weighted by Crippen LogP contribution is 2.39. The first-order valence-electron chi connectivity index (χ1n) is 7.43. The number of anilines is 1. The van der Waals surface area contributed by atoms with Crippen LogP contribution in [0.15, 0.2) is 0 Å². The van der Waals surface area contributed by atoms with Gasteiger partial charge in [-0.25, -0.2) is 4.79 Å². The van der Waals surface area contributed by atoms with E-state index in [9.17, 15) is 9.90 Å². The zero-order valence-corrected chi connectivity index (χ0v) is 12.1. The molecular weight excluding hydrogens is 254 g/mol. The molecule has 108 valence electrons. The van der Waals surface area contributed by atoms with Crippen LogP contribution in [0.3, 0.4) is 0 Å². The van der Waals surface area contributed by atoms with Crippen molar-refractivity contribution in [1.82, 2.24) is 10.2 Å². The van der Waals surface area contributed by atoms with Gasteiger partial charge in [-0.3, -0.25) is 0 Å². The summed E-state index contributed by atoms with van der Waals surface area (Å²) < 4.78 is 0. The number of hydrogen-bond donors (Lipinski definition) is 1. The van der Waals surface area contributed by atoms with Crippen LogP contribution in [0.4, 0.5) is 5.82 Å². The summed E-state index contributed by atoms with van der Waals surface area (Å²) in [6.07, 6.45) is 6.11. The number of carboxylic acid groups (broad SMARTS) is 1. The molecule has 1 aliphatic carbocycles. The van der Waals surface area contributed by atoms with Crippen molar-refractivity contribution in [3.05, 3.63) is 16.8 Å². The van der Waals surface area contributed by atoms with Crippen LogP contribution in [0, 0.1) is 19.8 Å². The third-order valence-corrected chi connectivity index (χ3v) is 4.93. The van der Waals surface area contributed by atoms with E-state index in [1.54, 1.807) is 0 Å². The van der Waals surface area contributed by atoms with Crippen LogP contribution >= 0.6 is 0 Å². The number of carboxylic acids is 1. The molecule has 1 saturated carbocycles. The summed E-state index contributed by atoms with van der Waals surface area (Å²) in [6, 6.07) is 0.457. The minimum Gasteiger partial charge on any atom is -0.478 e. The van der Waals surface area contributed by atoms with Crippen molar-refractivity contribution in [2.45, 2.75) is 52.0 Å². The van der Waals surface area contributed by atoms with Crippen LogP contribution in [0.2, 0.25) is 0 Å². The zero-order chi connectivity index (χ0) is 14.3. The Labute approximate surface area is 119 Å². The van der Waals surface area contributed by atoms with Gasteiger partial charge in [0.05, 0.1) is 5.69 Å². The fraction of sp³-hybridized carbons (Fsp3) is 0.667. The molecule has 1 N–H and O–H groups in total. The number of rotatable bonds is 2. The van der Waals surface area contributed by atoms with Crippen LogP contribution in [0.25, 0.3) is 0 Å². The molecule has 20 heavy (non-hydrogen) atoms. The minimum absolute atomic E-state index is 0.337. The maximum absolute atomic E-state index is 11.6. The van der Waals surface area contributed by atoms with Gasteiger partial charge in [-0.15, -0.1) is 5.10 Å². The number of aryl methyl sites for hydroxylation is 1. The normalized spacial score (nSPS) is 25.6. The lowest BCUT2D eigenvalue weighted by molar-refractivity contribution is 0.0696. The molecule has 5 heteroatoms. The lowest BCUT2D eigenvalue weighted by Gasteiger charge is -2.33. The van der Waals surface area contributed by atoms with Crippen molar-refractivity contribution in [3.63, 3.8) is 0 Å². The topological polar surface area (TPSA) is 66.3 Å². The Morgan fingerprint density at radius 1 is 1.20 bits per heavy atom. The third kappa shape index (κ3) is 2.05. The zero-order valence-electron chi connectivity index (χ0n) is 12.1. The van der Waals surface area contributed by atoms with Crippen LogP contribution in [0.5, 0.6) is 0 Å². The van der Waals surface area contributed by atoms with Crippen molar-refractivity contribution in [3.8, 4) is 0 Å². The quantitative estimate of drug-likeness (QED) is 0.898. The van der Waals surface area contributed by atoms with Crippen molar-refractivity contribution in [2.24, 2.45) is 5.92 Å². The van der Waals surface area contributed by atoms with Crippen LogP contribution < -0.4 is 4.90 Å². The van der Waals surface area contributed by atoms with E-state index in [0.717, 1.165) is 24.9 Å². The second kappa shape index (κ2) is 5.04. The Bertz CT molecular complexity index is 544. The molecule has 3 rings (SSSR count). The van der Waals surface area contributed by atoms with Crippen molar-refractivity contribution < 1.29 is 9.90 Å². The molecule has 1 aromatic heterocycles.